The van der Waals surface area contributed by atoms with E-state index in [1.54, 1.807) is 6.20 Å². The van der Waals surface area contributed by atoms with Crippen molar-refractivity contribution in [2.75, 3.05) is 18.5 Å². The van der Waals surface area contributed by atoms with Crippen LogP contribution < -0.4 is 10.9 Å². The molecule has 2 N–H and O–H groups in total. The van der Waals surface area contributed by atoms with Crippen molar-refractivity contribution in [3.63, 3.8) is 0 Å². The van der Waals surface area contributed by atoms with E-state index in [9.17, 15) is 4.79 Å². The van der Waals surface area contributed by atoms with Gasteiger partial charge in [-0.3, -0.25) is 4.79 Å². The van der Waals surface area contributed by atoms with Crippen molar-refractivity contribution >= 4 is 21.6 Å². The molecule has 0 saturated heterocycles. The fourth-order valence-electron chi connectivity index (χ4n) is 1.82. The van der Waals surface area contributed by atoms with Crippen LogP contribution in [-0.2, 0) is 6.54 Å². The van der Waals surface area contributed by atoms with Crippen molar-refractivity contribution in [2.45, 2.75) is 46.1 Å². The van der Waals surface area contributed by atoms with Crippen molar-refractivity contribution in [3.05, 3.63) is 21.0 Å². The Hall–Kier alpha value is -0.880. The third-order valence-corrected chi connectivity index (χ3v) is 3.98. The highest BCUT2D eigenvalue weighted by Crippen LogP contribution is 2.16. The SMILES string of the molecule is CCCCn1ncc(NCCCC(C)CO)c(Br)c1=O. The minimum atomic E-state index is -0.0906. The van der Waals surface area contributed by atoms with Gasteiger partial charge >= 0.3 is 0 Å². The number of nitrogens with zero attached hydrogens (tertiary/aromatic N) is 2. The molecule has 0 bridgehead atoms. The predicted molar refractivity (Wildman–Crippen MR) is 85.1 cm³/mol. The van der Waals surface area contributed by atoms with Gasteiger partial charge in [-0.15, -0.1) is 0 Å². The van der Waals surface area contributed by atoms with Gasteiger partial charge in [0.1, 0.15) is 4.47 Å². The first kappa shape index (κ1) is 17.2. The number of nitrogens with one attached hydrogen (secondary N) is 1. The number of hydrogen-bond acceptors (Lipinski definition) is 4. The molecule has 0 aliphatic carbocycles. The highest BCUT2D eigenvalue weighted by Gasteiger charge is 2.08. The molecule has 0 aliphatic rings. The van der Waals surface area contributed by atoms with E-state index < -0.39 is 0 Å². The molecule has 1 rings (SSSR count). The molecule has 0 aromatic carbocycles. The quantitative estimate of drug-likeness (QED) is 0.675. The lowest BCUT2D eigenvalue weighted by Crippen LogP contribution is -2.24. The molecule has 0 amide bonds. The molecule has 0 fully saturated rings. The van der Waals surface area contributed by atoms with Gasteiger partial charge in [-0.2, -0.15) is 5.10 Å². The van der Waals surface area contributed by atoms with Crippen LogP contribution in [0.2, 0.25) is 0 Å². The number of hydrogen-bond donors (Lipinski definition) is 2. The zero-order chi connectivity index (χ0) is 15.0. The lowest BCUT2D eigenvalue weighted by molar-refractivity contribution is 0.229. The van der Waals surface area contributed by atoms with Gasteiger partial charge in [0.2, 0.25) is 0 Å². The third-order valence-electron chi connectivity index (χ3n) is 3.21. The smallest absolute Gasteiger partial charge is 0.283 e. The van der Waals surface area contributed by atoms with Crippen molar-refractivity contribution in [1.29, 1.82) is 0 Å². The van der Waals surface area contributed by atoms with Crippen LogP contribution in [-0.4, -0.2) is 28.0 Å². The second kappa shape index (κ2) is 9.13. The maximum absolute atomic E-state index is 12.1. The van der Waals surface area contributed by atoms with Crippen molar-refractivity contribution in [1.82, 2.24) is 9.78 Å². The normalized spacial score (nSPS) is 12.4. The summed E-state index contributed by atoms with van der Waals surface area (Å²) < 4.78 is 2.03. The number of halogens is 1. The number of anilines is 1. The molecule has 114 valence electrons. The molecule has 1 aromatic heterocycles. The maximum atomic E-state index is 12.1. The number of aliphatic hydroxyl groups is 1. The van der Waals surface area contributed by atoms with Gasteiger partial charge in [0.05, 0.1) is 11.9 Å². The van der Waals surface area contributed by atoms with Crippen LogP contribution in [0, 0.1) is 5.92 Å². The Bertz CT molecular complexity index is 462. The molecule has 0 radical (unpaired) electrons. The van der Waals surface area contributed by atoms with E-state index in [4.69, 9.17) is 5.11 Å². The van der Waals surface area contributed by atoms with E-state index in [1.165, 1.54) is 4.68 Å². The molecule has 1 heterocycles. The van der Waals surface area contributed by atoms with E-state index in [0.717, 1.165) is 37.9 Å². The van der Waals surface area contributed by atoms with Crippen molar-refractivity contribution in [2.24, 2.45) is 5.92 Å². The first-order valence-corrected chi connectivity index (χ1v) is 7.99. The Labute approximate surface area is 128 Å². The van der Waals surface area contributed by atoms with Gasteiger partial charge in [-0.1, -0.05) is 20.3 Å². The lowest BCUT2D eigenvalue weighted by Gasteiger charge is -2.11. The van der Waals surface area contributed by atoms with Crippen LogP contribution in [0.5, 0.6) is 0 Å². The van der Waals surface area contributed by atoms with Crippen LogP contribution in [0.25, 0.3) is 0 Å². The molecule has 1 aromatic rings. The first-order valence-electron chi connectivity index (χ1n) is 7.20. The van der Waals surface area contributed by atoms with Gasteiger partial charge < -0.3 is 10.4 Å². The fourth-order valence-corrected chi connectivity index (χ4v) is 2.27. The molecule has 6 heteroatoms. The summed E-state index contributed by atoms with van der Waals surface area (Å²) in [6.07, 6.45) is 5.59. The summed E-state index contributed by atoms with van der Waals surface area (Å²) in [7, 11) is 0. The second-order valence-corrected chi connectivity index (χ2v) is 5.90. The average Bonchev–Trinajstić information content (AvgIpc) is 2.46. The monoisotopic (exact) mass is 345 g/mol. The molecule has 5 nitrogen and oxygen atoms in total. The number of unbranched alkanes of at least 4 members (excludes halogenated alkanes) is 1. The average molecular weight is 346 g/mol. The number of rotatable bonds is 9. The molecule has 0 aliphatic heterocycles. The molecule has 1 atom stereocenters. The summed E-state index contributed by atoms with van der Waals surface area (Å²) in [6.45, 7) is 5.75. The Morgan fingerprint density at radius 3 is 2.90 bits per heavy atom. The van der Waals surface area contributed by atoms with Crippen LogP contribution in [0.1, 0.15) is 39.5 Å². The Balaban J connectivity index is 2.55. The van der Waals surface area contributed by atoms with Crippen LogP contribution in [0.4, 0.5) is 5.69 Å². The van der Waals surface area contributed by atoms with Gasteiger partial charge in [0.25, 0.3) is 5.56 Å². The topological polar surface area (TPSA) is 67.2 Å². The summed E-state index contributed by atoms with van der Waals surface area (Å²) in [5, 5.41) is 16.3. The minimum Gasteiger partial charge on any atom is -0.396 e. The Kier molecular flexibility index (Phi) is 7.84. The van der Waals surface area contributed by atoms with Crippen molar-refractivity contribution < 1.29 is 5.11 Å². The molecule has 1 unspecified atom stereocenters. The lowest BCUT2D eigenvalue weighted by atomic mass is 10.1. The molecule has 0 saturated carbocycles. The van der Waals surface area contributed by atoms with E-state index >= 15 is 0 Å². The summed E-state index contributed by atoms with van der Waals surface area (Å²) >= 11 is 3.34. The van der Waals surface area contributed by atoms with Gasteiger partial charge in [0, 0.05) is 19.7 Å². The predicted octanol–water partition coefficient (Wildman–Crippen LogP) is 2.63. The zero-order valence-electron chi connectivity index (χ0n) is 12.2. The molecular weight excluding hydrogens is 322 g/mol. The van der Waals surface area contributed by atoms with Gasteiger partial charge in [-0.05, 0) is 41.1 Å². The van der Waals surface area contributed by atoms with Crippen LogP contribution >= 0.6 is 15.9 Å². The molecular formula is C14H24BrN3O2. The number of aliphatic hydroxyl groups excluding tert-OH is 1. The number of aryl methyl sites for hydroxylation is 1. The van der Waals surface area contributed by atoms with E-state index in [0.29, 0.717) is 16.9 Å². The van der Waals surface area contributed by atoms with Gasteiger partial charge in [-0.25, -0.2) is 4.68 Å². The van der Waals surface area contributed by atoms with Crippen molar-refractivity contribution in [3.8, 4) is 0 Å². The standard InChI is InChI=1S/C14H24BrN3O2/c1-3-4-8-18-14(20)13(15)12(9-17-18)16-7-5-6-11(2)10-19/h9,11,16,19H,3-8,10H2,1-2H3. The summed E-state index contributed by atoms with van der Waals surface area (Å²) in [4.78, 5) is 12.1. The fraction of sp³-hybridized carbons (Fsp3) is 0.714. The summed E-state index contributed by atoms with van der Waals surface area (Å²) in [6, 6.07) is 0. The molecule has 0 spiro atoms. The minimum absolute atomic E-state index is 0.0906. The Morgan fingerprint density at radius 2 is 2.25 bits per heavy atom. The largest absolute Gasteiger partial charge is 0.396 e. The van der Waals surface area contributed by atoms with Gasteiger partial charge in [0.15, 0.2) is 0 Å². The summed E-state index contributed by atoms with van der Waals surface area (Å²) in [5.74, 6) is 0.320. The maximum Gasteiger partial charge on any atom is 0.283 e. The summed E-state index contributed by atoms with van der Waals surface area (Å²) in [5.41, 5.74) is 0.645. The number of aromatic nitrogens is 2. The van der Waals surface area contributed by atoms with Crippen LogP contribution in [0.3, 0.4) is 0 Å². The van der Waals surface area contributed by atoms with E-state index in [2.05, 4.69) is 33.3 Å². The third kappa shape index (κ3) is 5.25. The molecule has 20 heavy (non-hydrogen) atoms. The van der Waals surface area contributed by atoms with Crippen LogP contribution in [0.15, 0.2) is 15.5 Å². The Morgan fingerprint density at radius 1 is 1.50 bits per heavy atom. The highest BCUT2D eigenvalue weighted by molar-refractivity contribution is 9.10. The van der Waals surface area contributed by atoms with E-state index in [1.807, 2.05) is 6.92 Å². The van der Waals surface area contributed by atoms with E-state index in [-0.39, 0.29) is 12.2 Å². The second-order valence-electron chi connectivity index (χ2n) is 5.11. The highest BCUT2D eigenvalue weighted by atomic mass is 79.9. The zero-order valence-corrected chi connectivity index (χ0v) is 13.8. The first-order chi connectivity index (χ1) is 9.60.